The molecular formula is C32H47N5O6. The summed E-state index contributed by atoms with van der Waals surface area (Å²) in [5.41, 5.74) is 0.705. The maximum atomic E-state index is 14.3. The van der Waals surface area contributed by atoms with Crippen LogP contribution < -0.4 is 20.1 Å². The van der Waals surface area contributed by atoms with E-state index in [1.807, 2.05) is 46.7 Å². The fourth-order valence-electron chi connectivity index (χ4n) is 6.46. The number of likely N-dealkylation sites (N-methyl/N-ethyl adjacent to an activating group) is 1. The lowest BCUT2D eigenvalue weighted by molar-refractivity contribution is -0.150. The van der Waals surface area contributed by atoms with Crippen molar-refractivity contribution in [1.82, 2.24) is 25.3 Å². The first kappa shape index (κ1) is 32.3. The fourth-order valence-corrected chi connectivity index (χ4v) is 6.46. The predicted molar refractivity (Wildman–Crippen MR) is 163 cm³/mol. The standard InChI is InChI=1S/C32H47N5O6/c1-8-20(4)27(35(5)6)30(39)34-26(19(2)3)31(40)37-17-14-25-28(37)32(41)36-16-9-10-23(36)29(38)33-15-13-21-18-22(43-25)11-12-24(21)42-7/h11-13,15,18-20,23,25-28H,8-10,14,16-17H2,1-7H3,(H,33,38)(H,34,39)/b15-13-/t20?,23-,25-,26-,27+,28-/m0/s1. The van der Waals surface area contributed by atoms with E-state index >= 15 is 0 Å². The zero-order chi connectivity index (χ0) is 31.4. The van der Waals surface area contributed by atoms with Crippen LogP contribution in [0.3, 0.4) is 0 Å². The molecule has 3 aliphatic heterocycles. The van der Waals surface area contributed by atoms with Gasteiger partial charge >= 0.3 is 0 Å². The minimum absolute atomic E-state index is 0.0848. The molecule has 0 radical (unpaired) electrons. The molecule has 0 aromatic heterocycles. The number of nitrogens with zero attached hydrogens (tertiary/aromatic N) is 3. The van der Waals surface area contributed by atoms with E-state index in [-0.39, 0.29) is 42.0 Å². The number of nitrogens with one attached hydrogen (secondary N) is 2. The summed E-state index contributed by atoms with van der Waals surface area (Å²) in [6.45, 7) is 8.54. The van der Waals surface area contributed by atoms with Gasteiger partial charge in [0, 0.05) is 31.3 Å². The minimum Gasteiger partial charge on any atom is -0.496 e. The van der Waals surface area contributed by atoms with Crippen LogP contribution in [0.1, 0.15) is 58.9 Å². The Balaban J connectivity index is 1.69. The molecule has 2 bridgehead atoms. The molecular weight excluding hydrogens is 550 g/mol. The van der Waals surface area contributed by atoms with Crippen LogP contribution in [0.5, 0.6) is 11.5 Å². The van der Waals surface area contributed by atoms with Crippen molar-refractivity contribution in [2.45, 2.75) is 83.6 Å². The van der Waals surface area contributed by atoms with Crippen LogP contribution >= 0.6 is 0 Å². The molecule has 2 N–H and O–H groups in total. The molecule has 0 spiro atoms. The highest BCUT2D eigenvalue weighted by Crippen LogP contribution is 2.32. The molecule has 236 valence electrons. The van der Waals surface area contributed by atoms with E-state index in [1.165, 1.54) is 0 Å². The molecule has 1 unspecified atom stereocenters. The van der Waals surface area contributed by atoms with Crippen molar-refractivity contribution in [3.63, 3.8) is 0 Å². The summed E-state index contributed by atoms with van der Waals surface area (Å²) in [5, 5.41) is 5.84. The summed E-state index contributed by atoms with van der Waals surface area (Å²) in [7, 11) is 5.29. The largest absolute Gasteiger partial charge is 0.496 e. The van der Waals surface area contributed by atoms with Crippen molar-refractivity contribution in [1.29, 1.82) is 0 Å². The second-order valence-electron chi connectivity index (χ2n) is 12.4. The molecule has 4 amide bonds. The van der Waals surface area contributed by atoms with Crippen LogP contribution in [-0.2, 0) is 19.2 Å². The molecule has 1 aromatic rings. The van der Waals surface area contributed by atoms with Gasteiger partial charge in [0.15, 0.2) is 0 Å². The van der Waals surface area contributed by atoms with Gasteiger partial charge in [0.1, 0.15) is 35.7 Å². The number of hydrogen-bond acceptors (Lipinski definition) is 7. The number of carbonyl (C=O) groups is 4. The SMILES string of the molecule is CCC(C)[C@H](C(=O)N[C@H](C(=O)N1CC[C@@H]2Oc3ccc(OC)c(c3)/C=C\NC(=O)[C@@H]3CCCN3C(=O)[C@H]21)C(C)C)N(C)C. The van der Waals surface area contributed by atoms with Crippen molar-refractivity contribution < 1.29 is 28.7 Å². The molecule has 3 aliphatic rings. The van der Waals surface area contributed by atoms with E-state index in [0.717, 1.165) is 6.42 Å². The zero-order valence-electron chi connectivity index (χ0n) is 26.5. The van der Waals surface area contributed by atoms with Crippen LogP contribution in [0, 0.1) is 11.8 Å². The van der Waals surface area contributed by atoms with E-state index in [0.29, 0.717) is 42.9 Å². The molecule has 4 rings (SSSR count). The van der Waals surface area contributed by atoms with Gasteiger partial charge in [0.05, 0.1) is 13.2 Å². The molecule has 11 nitrogen and oxygen atoms in total. The Morgan fingerprint density at radius 1 is 1.16 bits per heavy atom. The molecule has 2 saturated heterocycles. The fraction of sp³-hybridized carbons (Fsp3) is 0.625. The van der Waals surface area contributed by atoms with Crippen molar-refractivity contribution in [2.24, 2.45) is 11.8 Å². The van der Waals surface area contributed by atoms with Crippen molar-refractivity contribution in [2.75, 3.05) is 34.3 Å². The van der Waals surface area contributed by atoms with Crippen LogP contribution in [-0.4, -0.2) is 103 Å². The Morgan fingerprint density at radius 2 is 1.91 bits per heavy atom. The summed E-state index contributed by atoms with van der Waals surface area (Å²) in [6, 6.07) is 2.50. The van der Waals surface area contributed by atoms with Gasteiger partial charge in [0.25, 0.3) is 0 Å². The zero-order valence-corrected chi connectivity index (χ0v) is 26.5. The number of methoxy groups -OCH3 is 1. The quantitative estimate of drug-likeness (QED) is 0.472. The third-order valence-electron chi connectivity index (χ3n) is 8.93. The summed E-state index contributed by atoms with van der Waals surface area (Å²) in [6.07, 6.45) is 5.10. The van der Waals surface area contributed by atoms with Gasteiger partial charge < -0.3 is 29.9 Å². The smallest absolute Gasteiger partial charge is 0.249 e. The predicted octanol–water partition coefficient (Wildman–Crippen LogP) is 2.25. The van der Waals surface area contributed by atoms with Crippen LogP contribution in [0.2, 0.25) is 0 Å². The van der Waals surface area contributed by atoms with Gasteiger partial charge in [-0.05, 0) is 63.0 Å². The highest BCUT2D eigenvalue weighted by Gasteiger charge is 2.49. The summed E-state index contributed by atoms with van der Waals surface area (Å²) in [4.78, 5) is 60.3. The number of likely N-dealkylation sites (tertiary alicyclic amines) is 1. The number of rotatable bonds is 8. The van der Waals surface area contributed by atoms with Crippen molar-refractivity contribution >= 4 is 29.7 Å². The number of amides is 4. The Kier molecular flexibility index (Phi) is 10.4. The van der Waals surface area contributed by atoms with E-state index in [1.54, 1.807) is 47.4 Å². The van der Waals surface area contributed by atoms with Gasteiger partial charge in [-0.15, -0.1) is 0 Å². The highest BCUT2D eigenvalue weighted by atomic mass is 16.5. The first-order valence-corrected chi connectivity index (χ1v) is 15.4. The number of fused-ring (bicyclic) bond motifs is 4. The maximum Gasteiger partial charge on any atom is 0.249 e. The van der Waals surface area contributed by atoms with Gasteiger partial charge in [-0.2, -0.15) is 0 Å². The minimum atomic E-state index is -0.947. The molecule has 2 fully saturated rings. The topological polar surface area (TPSA) is 121 Å². The molecule has 43 heavy (non-hydrogen) atoms. The molecule has 1 aromatic carbocycles. The Morgan fingerprint density at radius 3 is 2.56 bits per heavy atom. The molecule has 6 atom stereocenters. The first-order valence-electron chi connectivity index (χ1n) is 15.4. The lowest BCUT2D eigenvalue weighted by Crippen LogP contribution is -2.61. The van der Waals surface area contributed by atoms with Gasteiger partial charge in [-0.1, -0.05) is 34.1 Å². The van der Waals surface area contributed by atoms with Gasteiger partial charge in [0.2, 0.25) is 23.6 Å². The number of benzene rings is 1. The summed E-state index contributed by atoms with van der Waals surface area (Å²) < 4.78 is 11.9. The number of carbonyl (C=O) groups excluding carboxylic acids is 4. The van der Waals surface area contributed by atoms with Gasteiger partial charge in [-0.25, -0.2) is 0 Å². The number of ether oxygens (including phenoxy) is 2. The lowest BCUT2D eigenvalue weighted by atomic mass is 9.95. The van der Waals surface area contributed by atoms with Crippen LogP contribution in [0.15, 0.2) is 24.4 Å². The van der Waals surface area contributed by atoms with Crippen LogP contribution in [0.25, 0.3) is 6.08 Å². The average Bonchev–Trinajstić information content (AvgIpc) is 3.62. The molecule has 0 aliphatic carbocycles. The normalized spacial score (nSPS) is 24.9. The van der Waals surface area contributed by atoms with Crippen LogP contribution in [0.4, 0.5) is 0 Å². The van der Waals surface area contributed by atoms with E-state index in [2.05, 4.69) is 10.6 Å². The Hall–Kier alpha value is -3.60. The maximum absolute atomic E-state index is 14.3. The van der Waals surface area contributed by atoms with E-state index in [9.17, 15) is 19.2 Å². The Labute approximate surface area is 254 Å². The lowest BCUT2D eigenvalue weighted by Gasteiger charge is -2.36. The third-order valence-corrected chi connectivity index (χ3v) is 8.93. The molecule has 3 heterocycles. The Bertz CT molecular complexity index is 1230. The number of hydrogen-bond donors (Lipinski definition) is 2. The first-order chi connectivity index (χ1) is 20.5. The molecule has 0 saturated carbocycles. The highest BCUT2D eigenvalue weighted by molar-refractivity contribution is 5.96. The average molecular weight is 598 g/mol. The second-order valence-corrected chi connectivity index (χ2v) is 12.4. The second kappa shape index (κ2) is 13.8. The van der Waals surface area contributed by atoms with Crippen molar-refractivity contribution in [3.05, 3.63) is 30.0 Å². The van der Waals surface area contributed by atoms with E-state index in [4.69, 9.17) is 9.47 Å². The van der Waals surface area contributed by atoms with Crippen molar-refractivity contribution in [3.8, 4) is 11.5 Å². The van der Waals surface area contributed by atoms with E-state index < -0.39 is 30.3 Å². The third kappa shape index (κ3) is 6.82. The summed E-state index contributed by atoms with van der Waals surface area (Å²) >= 11 is 0. The molecule has 11 heteroatoms. The monoisotopic (exact) mass is 597 g/mol. The van der Waals surface area contributed by atoms with Gasteiger partial charge in [-0.3, -0.25) is 24.1 Å². The summed E-state index contributed by atoms with van der Waals surface area (Å²) in [5.74, 6) is -0.137.